The molecule has 2 heterocycles. The fraction of sp³-hybridized carbons (Fsp3) is 0. The summed E-state index contributed by atoms with van der Waals surface area (Å²) in [5.41, 5.74) is 0.910. The van der Waals surface area contributed by atoms with Crippen molar-refractivity contribution in [3.05, 3.63) is 206 Å². The molecule has 2 aromatic heterocycles. The van der Waals surface area contributed by atoms with Crippen LogP contribution in [0.5, 0.6) is 0 Å². The molecule has 4 nitrogen and oxygen atoms in total. The van der Waals surface area contributed by atoms with Crippen molar-refractivity contribution in [2.75, 3.05) is 0 Å². The van der Waals surface area contributed by atoms with Crippen molar-refractivity contribution >= 4 is 21.8 Å². The minimum absolute atomic E-state index is 0.0761. The van der Waals surface area contributed by atoms with Gasteiger partial charge in [-0.1, -0.05) is 176 Å². The van der Waals surface area contributed by atoms with Crippen molar-refractivity contribution in [2.45, 2.75) is 0 Å². The topological polar surface area (TPSA) is 43.6 Å². The highest BCUT2D eigenvalue weighted by atomic mass is 15.0. The van der Waals surface area contributed by atoms with Gasteiger partial charge in [0.15, 0.2) is 17.5 Å². The number of aromatic nitrogens is 4. The number of rotatable bonds is 7. The molecule has 0 fully saturated rings. The van der Waals surface area contributed by atoms with Crippen molar-refractivity contribution in [3.63, 3.8) is 0 Å². The van der Waals surface area contributed by atoms with Crippen LogP contribution in [0.25, 0.3) is 95.0 Å². The SMILES string of the molecule is [2H]c1c([2H])c([2H])c(-c2cc(-c3nc(-c4ccccc4)nc(-c4ccc(-c5ccccc5)cc4)n3)ccc2-n2c3c([2H])c([2H])c([2H])c([2H])c3c3c([2H])c([2H])c(-c4c([2H])c([2H])c([2H])c([2H])c4[2H])c([2H])c32)c([2H])c1[2H]. The molecule has 0 aliphatic carbocycles. The Kier molecular flexibility index (Phi) is 4.80. The molecule has 8 aromatic carbocycles. The predicted molar refractivity (Wildman–Crippen MR) is 227 cm³/mol. The number of hydrogen-bond acceptors (Lipinski definition) is 3. The van der Waals surface area contributed by atoms with Crippen LogP contribution in [0.2, 0.25) is 0 Å². The zero-order valence-corrected chi connectivity index (χ0v) is 28.6. The van der Waals surface area contributed by atoms with E-state index in [0.717, 1.165) is 11.1 Å². The van der Waals surface area contributed by atoms with Crippen LogP contribution in [0.15, 0.2) is 206 Å². The molecule has 10 aromatic rings. The third-order valence-electron chi connectivity index (χ3n) is 9.09. The molecular formula is C51H34N4. The van der Waals surface area contributed by atoms with E-state index in [-0.39, 0.29) is 61.7 Å². The van der Waals surface area contributed by atoms with Crippen LogP contribution in [0.3, 0.4) is 0 Å². The van der Waals surface area contributed by atoms with Crippen molar-refractivity contribution in [3.8, 4) is 73.2 Å². The fourth-order valence-electron chi connectivity index (χ4n) is 6.50. The lowest BCUT2D eigenvalue weighted by atomic mass is 9.99. The third kappa shape index (κ3) is 6.06. The normalized spacial score (nSPS) is 15.6. The molecule has 0 atom stereocenters. The number of hydrogen-bond donors (Lipinski definition) is 0. The van der Waals surface area contributed by atoms with Crippen molar-refractivity contribution < 1.29 is 23.3 Å². The van der Waals surface area contributed by atoms with E-state index in [1.54, 1.807) is 0 Å². The smallest absolute Gasteiger partial charge is 0.164 e. The summed E-state index contributed by atoms with van der Waals surface area (Å²) in [5.74, 6) is 0.605. The summed E-state index contributed by atoms with van der Waals surface area (Å²) < 4.78 is 153. The van der Waals surface area contributed by atoms with Gasteiger partial charge in [-0.15, -0.1) is 0 Å². The first-order valence-electron chi connectivity index (χ1n) is 25.6. The van der Waals surface area contributed by atoms with Gasteiger partial charge in [-0.3, -0.25) is 0 Å². The van der Waals surface area contributed by atoms with Crippen molar-refractivity contribution in [1.29, 1.82) is 0 Å². The maximum Gasteiger partial charge on any atom is 0.164 e. The molecular weight excluding hydrogens is 669 g/mol. The largest absolute Gasteiger partial charge is 0.309 e. The summed E-state index contributed by atoms with van der Waals surface area (Å²) in [6.45, 7) is 0. The van der Waals surface area contributed by atoms with Gasteiger partial charge in [-0.05, 0) is 58.1 Å². The van der Waals surface area contributed by atoms with Gasteiger partial charge in [0.1, 0.15) is 0 Å². The molecule has 0 radical (unpaired) electrons. The molecule has 0 saturated heterocycles. The highest BCUT2D eigenvalue weighted by Crippen LogP contribution is 2.39. The van der Waals surface area contributed by atoms with Gasteiger partial charge in [0, 0.05) is 33.0 Å². The second kappa shape index (κ2) is 13.8. The maximum absolute atomic E-state index is 9.82. The van der Waals surface area contributed by atoms with Crippen LogP contribution >= 0.6 is 0 Å². The molecule has 55 heavy (non-hydrogen) atoms. The average Bonchev–Trinajstić information content (AvgIpc) is 3.77. The molecule has 0 aliphatic rings. The lowest BCUT2D eigenvalue weighted by molar-refractivity contribution is 1.07. The first kappa shape index (κ1) is 19.1. The minimum atomic E-state index is -0.781. The molecule has 0 saturated carbocycles. The second-order valence-corrected chi connectivity index (χ2v) is 12.4. The molecule has 0 N–H and O–H groups in total. The summed E-state index contributed by atoms with van der Waals surface area (Å²) >= 11 is 0. The Morgan fingerprint density at radius 1 is 0.364 bits per heavy atom. The Labute approximate surface area is 343 Å². The molecule has 10 rings (SSSR count). The monoisotopic (exact) mass is 719 g/mol. The lowest BCUT2D eigenvalue weighted by Gasteiger charge is -2.16. The Balaban J connectivity index is 1.34. The van der Waals surface area contributed by atoms with Gasteiger partial charge in [0.05, 0.1) is 40.0 Å². The quantitative estimate of drug-likeness (QED) is 0.165. The van der Waals surface area contributed by atoms with Crippen LogP contribution in [0.1, 0.15) is 23.3 Å². The average molecular weight is 720 g/mol. The first-order valence-corrected chi connectivity index (χ1v) is 17.1. The van der Waals surface area contributed by atoms with Crippen LogP contribution in [0, 0.1) is 0 Å². The van der Waals surface area contributed by atoms with E-state index < -0.39 is 114 Å². The highest BCUT2D eigenvalue weighted by molar-refractivity contribution is 6.10. The third-order valence-corrected chi connectivity index (χ3v) is 9.09. The summed E-state index contributed by atoms with van der Waals surface area (Å²) in [7, 11) is 0. The molecule has 4 heteroatoms. The maximum atomic E-state index is 9.82. The van der Waals surface area contributed by atoms with Gasteiger partial charge >= 0.3 is 0 Å². The van der Waals surface area contributed by atoms with Crippen molar-refractivity contribution in [2.24, 2.45) is 0 Å². The standard InChI is InChI=1S/C51H34N4/c1-5-15-35(16-6-1)37-25-27-40(28-26-37)50-52-49(39-21-11-4-12-22-39)53-51(54-50)42-30-32-47(45(33-42)38-19-9-3-10-20-38)55-46-24-14-13-23-43(46)44-31-29-41(34-48(44)55)36-17-7-2-8-18-36/h1-34H/i2D,3D,7D,8D,9D,10D,13D,14D,17D,18D,19D,20D,23D,24D,29D,31D,34D. The van der Waals surface area contributed by atoms with Gasteiger partial charge < -0.3 is 4.57 Å². The van der Waals surface area contributed by atoms with Crippen LogP contribution in [0.4, 0.5) is 0 Å². The molecule has 258 valence electrons. The Hall–Kier alpha value is -7.43. The van der Waals surface area contributed by atoms with E-state index >= 15 is 0 Å². The molecule has 0 aliphatic heterocycles. The second-order valence-electron chi connectivity index (χ2n) is 12.4. The van der Waals surface area contributed by atoms with Gasteiger partial charge in [0.2, 0.25) is 0 Å². The number of nitrogens with zero attached hydrogens (tertiary/aromatic N) is 4. The van der Waals surface area contributed by atoms with Gasteiger partial charge in [-0.25, -0.2) is 15.0 Å². The fourth-order valence-corrected chi connectivity index (χ4v) is 6.50. The molecule has 0 unspecified atom stereocenters. The van der Waals surface area contributed by atoms with E-state index in [1.807, 2.05) is 84.9 Å². The van der Waals surface area contributed by atoms with Crippen LogP contribution in [-0.2, 0) is 0 Å². The number of para-hydroxylation sites is 1. The first-order chi connectivity index (χ1) is 34.3. The van der Waals surface area contributed by atoms with E-state index in [2.05, 4.69) is 0 Å². The molecule has 0 spiro atoms. The Morgan fingerprint density at radius 3 is 1.56 bits per heavy atom. The summed E-state index contributed by atoms with van der Waals surface area (Å²) in [4.78, 5) is 14.6. The predicted octanol–water partition coefficient (Wildman–Crippen LogP) is 13.0. The van der Waals surface area contributed by atoms with Crippen molar-refractivity contribution in [1.82, 2.24) is 19.5 Å². The minimum Gasteiger partial charge on any atom is -0.309 e. The Bertz CT molecular complexity index is 3880. The van der Waals surface area contributed by atoms with E-state index in [0.29, 0.717) is 11.1 Å². The van der Waals surface area contributed by atoms with E-state index in [9.17, 15) is 8.22 Å². The highest BCUT2D eigenvalue weighted by Gasteiger charge is 2.19. The Morgan fingerprint density at radius 2 is 0.873 bits per heavy atom. The van der Waals surface area contributed by atoms with Crippen LogP contribution in [-0.4, -0.2) is 19.5 Å². The summed E-state index contributed by atoms with van der Waals surface area (Å²) in [6, 6.07) is 18.6. The lowest BCUT2D eigenvalue weighted by Crippen LogP contribution is -2.02. The summed E-state index contributed by atoms with van der Waals surface area (Å²) in [5, 5.41) is -0.633. The van der Waals surface area contributed by atoms with E-state index in [4.69, 9.17) is 30.0 Å². The molecule has 0 bridgehead atoms. The zero-order chi connectivity index (χ0) is 51.3. The molecule has 0 amide bonds. The zero-order valence-electron chi connectivity index (χ0n) is 45.6. The summed E-state index contributed by atoms with van der Waals surface area (Å²) in [6.07, 6.45) is 0. The van der Waals surface area contributed by atoms with Crippen LogP contribution < -0.4 is 0 Å². The van der Waals surface area contributed by atoms with Gasteiger partial charge in [0.25, 0.3) is 0 Å². The van der Waals surface area contributed by atoms with Gasteiger partial charge in [-0.2, -0.15) is 0 Å². The number of benzene rings is 8. The number of fused-ring (bicyclic) bond motifs is 3. The van der Waals surface area contributed by atoms with E-state index in [1.165, 1.54) is 22.8 Å².